The second kappa shape index (κ2) is 7.22. The molecule has 0 radical (unpaired) electrons. The Hall–Kier alpha value is -2.38. The highest BCUT2D eigenvalue weighted by atomic mass is 32.2. The predicted molar refractivity (Wildman–Crippen MR) is 108 cm³/mol. The van der Waals surface area contributed by atoms with E-state index in [1.807, 2.05) is 30.3 Å². The molecule has 3 rings (SSSR count). The lowest BCUT2D eigenvalue weighted by molar-refractivity contribution is 0.0497. The molecular weight excluding hydrogens is 376 g/mol. The first-order valence-electron chi connectivity index (χ1n) is 9.17. The van der Waals surface area contributed by atoms with Crippen LogP contribution in [0.2, 0.25) is 0 Å². The summed E-state index contributed by atoms with van der Waals surface area (Å²) in [6.45, 7) is 5.23. The first kappa shape index (κ1) is 20.4. The Morgan fingerprint density at radius 2 is 1.61 bits per heavy atom. The molecule has 3 N–H and O–H groups in total. The third-order valence-corrected chi connectivity index (χ3v) is 7.18. The van der Waals surface area contributed by atoms with E-state index in [0.29, 0.717) is 0 Å². The van der Waals surface area contributed by atoms with Crippen LogP contribution in [0.15, 0.2) is 65.6 Å². The molecule has 1 aliphatic carbocycles. The first-order chi connectivity index (χ1) is 13.1. The average Bonchev–Trinajstić information content (AvgIpc) is 3.31. The molecule has 3 atom stereocenters. The van der Waals surface area contributed by atoms with E-state index in [1.54, 1.807) is 51.1 Å². The SMILES string of the molecule is CC(C)(C)OC(=O)N[C@]1(CN)[C@H](c2ccccc2)[C@@H]1S(=O)(=O)c1ccccc1. The molecule has 28 heavy (non-hydrogen) atoms. The van der Waals surface area contributed by atoms with Crippen LogP contribution in [0, 0.1) is 0 Å². The smallest absolute Gasteiger partial charge is 0.408 e. The van der Waals surface area contributed by atoms with Crippen molar-refractivity contribution in [2.75, 3.05) is 6.54 Å². The molecule has 6 nitrogen and oxygen atoms in total. The highest BCUT2D eigenvalue weighted by molar-refractivity contribution is 7.92. The maximum absolute atomic E-state index is 13.4. The largest absolute Gasteiger partial charge is 0.444 e. The maximum atomic E-state index is 13.4. The maximum Gasteiger partial charge on any atom is 0.408 e. The zero-order valence-electron chi connectivity index (χ0n) is 16.3. The molecule has 0 bridgehead atoms. The van der Waals surface area contributed by atoms with Crippen LogP contribution in [0.4, 0.5) is 4.79 Å². The third kappa shape index (κ3) is 3.77. The molecule has 1 aliphatic rings. The minimum atomic E-state index is -3.72. The predicted octanol–water partition coefficient (Wildman–Crippen LogP) is 2.85. The van der Waals surface area contributed by atoms with Crippen LogP contribution in [-0.4, -0.2) is 37.4 Å². The Balaban J connectivity index is 2.01. The first-order valence-corrected chi connectivity index (χ1v) is 10.7. The Labute approximate surface area is 166 Å². The van der Waals surface area contributed by atoms with Crippen molar-refractivity contribution in [1.29, 1.82) is 0 Å². The Bertz CT molecular complexity index is 939. The van der Waals surface area contributed by atoms with Crippen molar-refractivity contribution in [2.45, 2.75) is 48.0 Å². The van der Waals surface area contributed by atoms with Crippen LogP contribution in [0.3, 0.4) is 0 Å². The number of alkyl carbamates (subject to hydrolysis) is 1. The van der Waals surface area contributed by atoms with Gasteiger partial charge >= 0.3 is 6.09 Å². The number of carbonyl (C=O) groups is 1. The molecule has 0 aliphatic heterocycles. The summed E-state index contributed by atoms with van der Waals surface area (Å²) < 4.78 is 32.1. The monoisotopic (exact) mass is 402 g/mol. The van der Waals surface area contributed by atoms with Crippen LogP contribution >= 0.6 is 0 Å². The molecule has 7 heteroatoms. The quantitative estimate of drug-likeness (QED) is 0.801. The molecule has 1 amide bonds. The van der Waals surface area contributed by atoms with Crippen LogP contribution < -0.4 is 11.1 Å². The normalized spacial score (nSPS) is 24.4. The van der Waals surface area contributed by atoms with Crippen molar-refractivity contribution in [3.63, 3.8) is 0 Å². The number of amides is 1. The number of hydrogen-bond acceptors (Lipinski definition) is 5. The van der Waals surface area contributed by atoms with Gasteiger partial charge in [-0.25, -0.2) is 13.2 Å². The summed E-state index contributed by atoms with van der Waals surface area (Å²) in [5.74, 6) is -0.462. The van der Waals surface area contributed by atoms with Gasteiger partial charge in [0.05, 0.1) is 10.4 Å². The topological polar surface area (TPSA) is 98.5 Å². The van der Waals surface area contributed by atoms with Gasteiger partial charge in [0.1, 0.15) is 10.9 Å². The summed E-state index contributed by atoms with van der Waals surface area (Å²) in [6, 6.07) is 17.5. The summed E-state index contributed by atoms with van der Waals surface area (Å²) in [5.41, 5.74) is 5.02. The number of nitrogens with two attached hydrogens (primary N) is 1. The molecule has 0 unspecified atom stereocenters. The lowest BCUT2D eigenvalue weighted by Crippen LogP contribution is -2.49. The fourth-order valence-electron chi connectivity index (χ4n) is 3.69. The fraction of sp³-hybridized carbons (Fsp3) is 0.381. The van der Waals surface area contributed by atoms with E-state index in [0.717, 1.165) is 5.56 Å². The van der Waals surface area contributed by atoms with E-state index in [2.05, 4.69) is 5.32 Å². The van der Waals surface area contributed by atoms with E-state index >= 15 is 0 Å². The zero-order valence-corrected chi connectivity index (χ0v) is 17.1. The van der Waals surface area contributed by atoms with Gasteiger partial charge in [-0.05, 0) is 38.5 Å². The van der Waals surface area contributed by atoms with Crippen molar-refractivity contribution >= 4 is 15.9 Å². The van der Waals surface area contributed by atoms with Crippen LogP contribution in [0.1, 0.15) is 32.3 Å². The van der Waals surface area contributed by atoms with Crippen molar-refractivity contribution in [3.05, 3.63) is 66.2 Å². The second-order valence-corrected chi connectivity index (χ2v) is 10.1. The molecule has 2 aromatic carbocycles. The summed E-state index contributed by atoms with van der Waals surface area (Å²) in [7, 11) is -3.72. The van der Waals surface area contributed by atoms with Crippen molar-refractivity contribution in [3.8, 4) is 0 Å². The average molecular weight is 403 g/mol. The molecule has 2 aromatic rings. The van der Waals surface area contributed by atoms with Gasteiger partial charge in [0.25, 0.3) is 0 Å². The van der Waals surface area contributed by atoms with Gasteiger partial charge in [-0.15, -0.1) is 0 Å². The molecular formula is C21H26N2O4S. The molecule has 1 fully saturated rings. The lowest BCUT2D eigenvalue weighted by Gasteiger charge is -2.24. The number of nitrogens with one attached hydrogen (secondary N) is 1. The van der Waals surface area contributed by atoms with E-state index in [9.17, 15) is 13.2 Å². The molecule has 0 saturated heterocycles. The molecule has 150 valence electrons. The van der Waals surface area contributed by atoms with Gasteiger partial charge in [0.15, 0.2) is 9.84 Å². The Morgan fingerprint density at radius 3 is 2.11 bits per heavy atom. The van der Waals surface area contributed by atoms with Crippen molar-refractivity contribution in [2.24, 2.45) is 5.73 Å². The lowest BCUT2D eigenvalue weighted by atomic mass is 10.1. The van der Waals surface area contributed by atoms with Gasteiger partial charge in [-0.3, -0.25) is 0 Å². The van der Waals surface area contributed by atoms with E-state index < -0.39 is 38.2 Å². The van der Waals surface area contributed by atoms with Crippen molar-refractivity contribution < 1.29 is 17.9 Å². The highest BCUT2D eigenvalue weighted by Crippen LogP contribution is 2.56. The number of rotatable bonds is 5. The van der Waals surface area contributed by atoms with Gasteiger partial charge in [-0.1, -0.05) is 48.5 Å². The highest BCUT2D eigenvalue weighted by Gasteiger charge is 2.71. The van der Waals surface area contributed by atoms with E-state index in [-0.39, 0.29) is 11.4 Å². The van der Waals surface area contributed by atoms with Gasteiger partial charge in [-0.2, -0.15) is 0 Å². The molecule has 0 heterocycles. The number of hydrogen-bond donors (Lipinski definition) is 2. The summed E-state index contributed by atoms with van der Waals surface area (Å²) in [5, 5.41) is 1.91. The standard InChI is InChI=1S/C21H26N2O4S/c1-20(2,3)27-19(24)23-21(14-22)17(15-10-6-4-7-11-15)18(21)28(25,26)16-12-8-5-9-13-16/h4-13,17-18H,14,22H2,1-3H3,(H,23,24)/t17-,18+,21-/m1/s1. The zero-order chi connectivity index (χ0) is 20.6. The third-order valence-electron chi connectivity index (χ3n) is 4.89. The molecule has 1 saturated carbocycles. The van der Waals surface area contributed by atoms with Gasteiger partial charge in [0, 0.05) is 12.5 Å². The number of carbonyl (C=O) groups excluding carboxylic acids is 1. The molecule has 0 aromatic heterocycles. The minimum absolute atomic E-state index is 0.0253. The Kier molecular flexibility index (Phi) is 5.25. The van der Waals surface area contributed by atoms with Crippen LogP contribution in [0.5, 0.6) is 0 Å². The summed E-state index contributed by atoms with van der Waals surface area (Å²) in [4.78, 5) is 12.7. The van der Waals surface area contributed by atoms with Gasteiger partial charge < -0.3 is 15.8 Å². The Morgan fingerprint density at radius 1 is 1.07 bits per heavy atom. The second-order valence-electron chi connectivity index (χ2n) is 8.04. The number of benzene rings is 2. The summed E-state index contributed by atoms with van der Waals surface area (Å²) in [6.07, 6.45) is -0.676. The van der Waals surface area contributed by atoms with Crippen LogP contribution in [0.25, 0.3) is 0 Å². The van der Waals surface area contributed by atoms with E-state index in [4.69, 9.17) is 10.5 Å². The van der Waals surface area contributed by atoms with Gasteiger partial charge in [0.2, 0.25) is 0 Å². The fourth-order valence-corrected chi connectivity index (χ4v) is 6.05. The van der Waals surface area contributed by atoms with Crippen LogP contribution in [-0.2, 0) is 14.6 Å². The number of sulfone groups is 1. The van der Waals surface area contributed by atoms with E-state index in [1.165, 1.54) is 0 Å². The number of ether oxygens (including phenoxy) is 1. The molecule has 0 spiro atoms. The summed E-state index contributed by atoms with van der Waals surface area (Å²) >= 11 is 0. The van der Waals surface area contributed by atoms with Crippen molar-refractivity contribution in [1.82, 2.24) is 5.32 Å². The minimum Gasteiger partial charge on any atom is -0.444 e.